The molecular formula is C10H11BrO3S. The van der Waals surface area contributed by atoms with Crippen molar-refractivity contribution in [2.45, 2.75) is 6.92 Å². The van der Waals surface area contributed by atoms with Crippen LogP contribution in [0.1, 0.15) is 15.9 Å². The molecule has 0 fully saturated rings. The van der Waals surface area contributed by atoms with Gasteiger partial charge in [0.25, 0.3) is 0 Å². The lowest BCUT2D eigenvalue weighted by atomic mass is 10.1. The van der Waals surface area contributed by atoms with Gasteiger partial charge in [0.2, 0.25) is 0 Å². The molecule has 0 N–H and O–H groups in total. The summed E-state index contributed by atoms with van der Waals surface area (Å²) in [5, 5.41) is 0. The second-order valence-electron chi connectivity index (χ2n) is 3.41. The Hall–Kier alpha value is -0.680. The third kappa shape index (κ3) is 3.43. The molecule has 0 aromatic heterocycles. The Balaban J connectivity index is 3.08. The highest BCUT2D eigenvalue weighted by molar-refractivity contribution is 9.10. The smallest absolute Gasteiger partial charge is 0.178 e. The van der Waals surface area contributed by atoms with Crippen LogP contribution in [0, 0.1) is 6.92 Å². The first-order valence-corrected chi connectivity index (χ1v) is 7.12. The average Bonchev–Trinajstić information content (AvgIpc) is 2.06. The zero-order chi connectivity index (χ0) is 11.6. The number of Topliss-reactive ketones (excluding diaryl/α,β-unsaturated/α-hetero) is 1. The van der Waals surface area contributed by atoms with Gasteiger partial charge >= 0.3 is 0 Å². The maximum atomic E-state index is 11.6. The summed E-state index contributed by atoms with van der Waals surface area (Å²) >= 11 is 3.29. The first-order valence-electron chi connectivity index (χ1n) is 4.27. The highest BCUT2D eigenvalue weighted by atomic mass is 79.9. The van der Waals surface area contributed by atoms with Gasteiger partial charge in [0.1, 0.15) is 5.75 Å². The van der Waals surface area contributed by atoms with Gasteiger partial charge in [-0.05, 0) is 18.6 Å². The summed E-state index contributed by atoms with van der Waals surface area (Å²) in [5.74, 6) is -0.805. The summed E-state index contributed by atoms with van der Waals surface area (Å²) in [6.07, 6.45) is 1.05. The molecule has 3 nitrogen and oxygen atoms in total. The van der Waals surface area contributed by atoms with E-state index in [-0.39, 0.29) is 5.78 Å². The molecule has 0 heterocycles. The molecule has 0 saturated carbocycles. The zero-order valence-electron chi connectivity index (χ0n) is 8.45. The van der Waals surface area contributed by atoms with Crippen LogP contribution in [0.2, 0.25) is 0 Å². The first-order chi connectivity index (χ1) is 6.81. The van der Waals surface area contributed by atoms with Crippen molar-refractivity contribution < 1.29 is 13.2 Å². The van der Waals surface area contributed by atoms with E-state index in [9.17, 15) is 13.2 Å². The Morgan fingerprint density at radius 1 is 1.40 bits per heavy atom. The number of sulfone groups is 1. The van der Waals surface area contributed by atoms with Gasteiger partial charge in [0, 0.05) is 16.3 Å². The SMILES string of the molecule is Cc1c(Br)cccc1C(=O)CS(C)(=O)=O. The van der Waals surface area contributed by atoms with Gasteiger partial charge in [-0.1, -0.05) is 28.1 Å². The van der Waals surface area contributed by atoms with Gasteiger partial charge < -0.3 is 0 Å². The largest absolute Gasteiger partial charge is 0.293 e. The maximum absolute atomic E-state index is 11.6. The monoisotopic (exact) mass is 290 g/mol. The molecule has 0 spiro atoms. The van der Waals surface area contributed by atoms with Crippen LogP contribution in [0.5, 0.6) is 0 Å². The first kappa shape index (κ1) is 12.4. The predicted molar refractivity (Wildman–Crippen MR) is 62.9 cm³/mol. The molecule has 0 saturated heterocycles. The Kier molecular flexibility index (Phi) is 3.67. The molecule has 1 aromatic rings. The third-order valence-corrected chi connectivity index (χ3v) is 3.61. The van der Waals surface area contributed by atoms with Gasteiger partial charge in [-0.2, -0.15) is 0 Å². The zero-order valence-corrected chi connectivity index (χ0v) is 10.9. The minimum absolute atomic E-state index is 0.365. The minimum Gasteiger partial charge on any atom is -0.293 e. The lowest BCUT2D eigenvalue weighted by Gasteiger charge is -2.05. The van der Waals surface area contributed by atoms with E-state index in [4.69, 9.17) is 0 Å². The average molecular weight is 291 g/mol. The fraction of sp³-hybridized carbons (Fsp3) is 0.300. The number of ketones is 1. The van der Waals surface area contributed by atoms with Crippen LogP contribution in [-0.2, 0) is 9.84 Å². The van der Waals surface area contributed by atoms with Crippen LogP contribution in [-0.4, -0.2) is 26.2 Å². The Bertz CT molecular complexity index is 491. The topological polar surface area (TPSA) is 51.2 Å². The molecule has 15 heavy (non-hydrogen) atoms. The Morgan fingerprint density at radius 2 is 2.00 bits per heavy atom. The number of halogens is 1. The fourth-order valence-corrected chi connectivity index (χ4v) is 2.22. The van der Waals surface area contributed by atoms with Crippen LogP contribution in [0.25, 0.3) is 0 Å². The molecule has 0 aliphatic heterocycles. The van der Waals surface area contributed by atoms with E-state index in [0.29, 0.717) is 5.56 Å². The summed E-state index contributed by atoms with van der Waals surface area (Å²) in [6, 6.07) is 5.16. The van der Waals surface area contributed by atoms with Gasteiger partial charge in [-0.25, -0.2) is 8.42 Å². The number of benzene rings is 1. The molecule has 0 aliphatic carbocycles. The van der Waals surface area contributed by atoms with Crippen LogP contribution in [0.4, 0.5) is 0 Å². The highest BCUT2D eigenvalue weighted by Crippen LogP contribution is 2.20. The summed E-state index contributed by atoms with van der Waals surface area (Å²) in [6.45, 7) is 1.78. The van der Waals surface area contributed by atoms with Crippen molar-refractivity contribution in [2.24, 2.45) is 0 Å². The van der Waals surface area contributed by atoms with Gasteiger partial charge in [-0.3, -0.25) is 4.79 Å². The summed E-state index contributed by atoms with van der Waals surface area (Å²) in [7, 11) is -3.27. The van der Waals surface area contributed by atoms with Crippen molar-refractivity contribution in [1.29, 1.82) is 0 Å². The lowest BCUT2D eigenvalue weighted by Crippen LogP contribution is -2.15. The number of carbonyl (C=O) groups excluding carboxylic acids is 1. The molecule has 82 valence electrons. The Morgan fingerprint density at radius 3 is 2.53 bits per heavy atom. The van der Waals surface area contributed by atoms with Crippen molar-refractivity contribution in [1.82, 2.24) is 0 Å². The molecule has 0 atom stereocenters. The fourth-order valence-electron chi connectivity index (χ4n) is 1.23. The van der Waals surface area contributed by atoms with Crippen molar-refractivity contribution >= 4 is 31.6 Å². The maximum Gasteiger partial charge on any atom is 0.178 e. The Labute approximate surface area is 97.5 Å². The molecule has 0 bridgehead atoms. The molecular weight excluding hydrogens is 280 g/mol. The van der Waals surface area contributed by atoms with E-state index in [2.05, 4.69) is 15.9 Å². The minimum atomic E-state index is -3.27. The van der Waals surface area contributed by atoms with Crippen molar-refractivity contribution in [3.8, 4) is 0 Å². The number of hydrogen-bond donors (Lipinski definition) is 0. The van der Waals surface area contributed by atoms with Gasteiger partial charge in [0.15, 0.2) is 15.6 Å². The molecule has 1 aromatic carbocycles. The normalized spacial score (nSPS) is 11.4. The third-order valence-electron chi connectivity index (χ3n) is 1.96. The number of carbonyl (C=O) groups is 1. The summed E-state index contributed by atoms with van der Waals surface area (Å²) in [4.78, 5) is 11.6. The van der Waals surface area contributed by atoms with Crippen LogP contribution < -0.4 is 0 Å². The summed E-state index contributed by atoms with van der Waals surface area (Å²) in [5.41, 5.74) is 1.22. The molecule has 1 rings (SSSR count). The number of rotatable bonds is 3. The quantitative estimate of drug-likeness (QED) is 0.800. The van der Waals surface area contributed by atoms with Gasteiger partial charge in [-0.15, -0.1) is 0 Å². The van der Waals surface area contributed by atoms with Crippen LogP contribution >= 0.6 is 15.9 Å². The van der Waals surface area contributed by atoms with Gasteiger partial charge in [0.05, 0.1) is 0 Å². The van der Waals surface area contributed by atoms with E-state index in [1.807, 2.05) is 6.07 Å². The van der Waals surface area contributed by atoms with Crippen molar-refractivity contribution in [2.75, 3.05) is 12.0 Å². The highest BCUT2D eigenvalue weighted by Gasteiger charge is 2.15. The molecule has 5 heteroatoms. The molecule has 0 amide bonds. The van der Waals surface area contributed by atoms with Crippen molar-refractivity contribution in [3.05, 3.63) is 33.8 Å². The van der Waals surface area contributed by atoms with Crippen LogP contribution in [0.3, 0.4) is 0 Å². The van der Waals surface area contributed by atoms with Crippen LogP contribution in [0.15, 0.2) is 22.7 Å². The molecule has 0 unspecified atom stereocenters. The lowest BCUT2D eigenvalue weighted by molar-refractivity contribution is 0.102. The summed E-state index contributed by atoms with van der Waals surface area (Å²) < 4.78 is 22.8. The van der Waals surface area contributed by atoms with E-state index >= 15 is 0 Å². The second-order valence-corrected chi connectivity index (χ2v) is 6.40. The van der Waals surface area contributed by atoms with E-state index in [0.717, 1.165) is 16.3 Å². The molecule has 0 radical (unpaired) electrons. The molecule has 0 aliphatic rings. The van der Waals surface area contributed by atoms with E-state index in [1.165, 1.54) is 0 Å². The number of hydrogen-bond acceptors (Lipinski definition) is 3. The predicted octanol–water partition coefficient (Wildman–Crippen LogP) is 1.98. The van der Waals surface area contributed by atoms with E-state index in [1.54, 1.807) is 19.1 Å². The van der Waals surface area contributed by atoms with Crippen molar-refractivity contribution in [3.63, 3.8) is 0 Å². The second kappa shape index (κ2) is 4.45. The van der Waals surface area contributed by atoms with E-state index < -0.39 is 15.6 Å². The standard InChI is InChI=1S/C10H11BrO3S/c1-7-8(4-3-5-9(7)11)10(12)6-15(2,13)14/h3-5H,6H2,1-2H3.